The molecule has 4 unspecified atom stereocenters. The third-order valence-corrected chi connectivity index (χ3v) is 8.87. The smallest absolute Gasteiger partial charge is 0.105 e. The van der Waals surface area contributed by atoms with E-state index in [4.69, 9.17) is 5.41 Å². The largest absolute Gasteiger partial charge is 0.384 e. The Hall–Kier alpha value is -2.10. The minimum Gasteiger partial charge on any atom is -0.384 e. The molecule has 188 valence electrons. The second kappa shape index (κ2) is 13.3. The highest BCUT2D eigenvalue weighted by Crippen LogP contribution is 2.49. The minimum atomic E-state index is -0.680. The predicted octanol–water partition coefficient (Wildman–Crippen LogP) is 8.67. The average molecular weight is 490 g/mol. The third-order valence-electron chi connectivity index (χ3n) is 7.75. The number of thioether (sulfide) groups is 1. The van der Waals surface area contributed by atoms with Crippen LogP contribution in [0, 0.1) is 23.2 Å². The minimum absolute atomic E-state index is 0.288. The van der Waals surface area contributed by atoms with E-state index >= 15 is 0 Å². The van der Waals surface area contributed by atoms with Crippen LogP contribution in [0.25, 0.3) is 0 Å². The molecule has 0 spiro atoms. The van der Waals surface area contributed by atoms with E-state index in [1.54, 1.807) is 23.9 Å². The van der Waals surface area contributed by atoms with Gasteiger partial charge in [0.25, 0.3) is 0 Å². The summed E-state index contributed by atoms with van der Waals surface area (Å²) in [5, 5.41) is 18.7. The first-order valence-electron chi connectivity index (χ1n) is 13.2. The van der Waals surface area contributed by atoms with Gasteiger partial charge in [0.1, 0.15) is 6.10 Å². The lowest BCUT2D eigenvalue weighted by molar-refractivity contribution is 0.249. The highest BCUT2D eigenvalue weighted by Gasteiger charge is 2.37. The molecule has 4 rings (SSSR count). The average Bonchev–Trinajstić information content (AvgIpc) is 3.06. The molecular weight excluding hydrogens is 446 g/mol. The maximum Gasteiger partial charge on any atom is 0.105 e. The molecule has 1 fully saturated rings. The lowest BCUT2D eigenvalue weighted by Crippen LogP contribution is -2.28. The molecule has 1 heterocycles. The molecule has 3 heteroatoms. The van der Waals surface area contributed by atoms with Crippen molar-refractivity contribution in [2.75, 3.05) is 5.75 Å². The van der Waals surface area contributed by atoms with Crippen molar-refractivity contribution < 1.29 is 5.11 Å². The van der Waals surface area contributed by atoms with Gasteiger partial charge in [-0.25, -0.2) is 0 Å². The topological polar surface area (TPSA) is 44.1 Å². The molecule has 4 atom stereocenters. The maximum atomic E-state index is 10.9. The van der Waals surface area contributed by atoms with Crippen LogP contribution in [0.3, 0.4) is 0 Å². The summed E-state index contributed by atoms with van der Waals surface area (Å²) in [7, 11) is 0. The molecule has 0 bridgehead atoms. The van der Waals surface area contributed by atoms with Crippen molar-refractivity contribution in [3.05, 3.63) is 94.5 Å². The summed E-state index contributed by atoms with van der Waals surface area (Å²) in [6.07, 6.45) is 23.0. The van der Waals surface area contributed by atoms with Gasteiger partial charge in [-0.05, 0) is 65.0 Å². The van der Waals surface area contributed by atoms with E-state index in [1.165, 1.54) is 49.5 Å². The number of hydrogen-bond donors (Lipinski definition) is 2. The van der Waals surface area contributed by atoms with Crippen LogP contribution in [-0.2, 0) is 0 Å². The van der Waals surface area contributed by atoms with E-state index in [0.29, 0.717) is 0 Å². The van der Waals surface area contributed by atoms with Crippen molar-refractivity contribution >= 4 is 18.0 Å². The van der Waals surface area contributed by atoms with Crippen LogP contribution in [0.2, 0.25) is 0 Å². The predicted molar refractivity (Wildman–Crippen MR) is 155 cm³/mol. The number of nitrogens with one attached hydrogen (secondary N) is 1. The van der Waals surface area contributed by atoms with Crippen molar-refractivity contribution in [3.8, 4) is 0 Å². The van der Waals surface area contributed by atoms with E-state index in [-0.39, 0.29) is 5.92 Å². The molecule has 0 radical (unpaired) electrons. The van der Waals surface area contributed by atoms with Gasteiger partial charge in [0.15, 0.2) is 0 Å². The lowest BCUT2D eigenvalue weighted by Gasteiger charge is -2.38. The van der Waals surface area contributed by atoms with Crippen LogP contribution >= 0.6 is 11.8 Å². The number of rotatable bonds is 6. The van der Waals surface area contributed by atoms with E-state index in [1.807, 2.05) is 6.08 Å². The van der Waals surface area contributed by atoms with Gasteiger partial charge < -0.3 is 10.5 Å². The van der Waals surface area contributed by atoms with E-state index in [0.717, 1.165) is 64.0 Å². The summed E-state index contributed by atoms with van der Waals surface area (Å²) in [5.41, 5.74) is 6.29. The van der Waals surface area contributed by atoms with E-state index in [2.05, 4.69) is 51.8 Å². The van der Waals surface area contributed by atoms with Crippen molar-refractivity contribution in [1.29, 1.82) is 5.41 Å². The van der Waals surface area contributed by atoms with Crippen molar-refractivity contribution in [2.45, 2.75) is 71.3 Å². The second-order valence-corrected chi connectivity index (χ2v) is 11.3. The van der Waals surface area contributed by atoms with Crippen molar-refractivity contribution in [1.82, 2.24) is 0 Å². The van der Waals surface area contributed by atoms with Crippen LogP contribution < -0.4 is 0 Å². The van der Waals surface area contributed by atoms with Crippen molar-refractivity contribution in [3.63, 3.8) is 0 Å². The molecule has 3 aliphatic carbocycles. The Kier molecular flexibility index (Phi) is 10.4. The van der Waals surface area contributed by atoms with Crippen molar-refractivity contribution in [2.24, 2.45) is 17.8 Å². The third kappa shape index (κ3) is 6.57. The van der Waals surface area contributed by atoms with Crippen LogP contribution in [0.4, 0.5) is 0 Å². The highest BCUT2D eigenvalue weighted by atomic mass is 32.2. The molecule has 4 aliphatic rings. The summed E-state index contributed by atoms with van der Waals surface area (Å²) in [6, 6.07) is 0. The molecule has 2 N–H and O–H groups in total. The number of aliphatic hydroxyl groups is 1. The Morgan fingerprint density at radius 3 is 2.37 bits per heavy atom. The molecule has 35 heavy (non-hydrogen) atoms. The number of hydrogen-bond acceptors (Lipinski definition) is 3. The standard InChI is InChI=1S/C23H25NOS.C9H18/c1-4-7-8-9-16-14-26-21(13-24)22-18(16)10-11-19-20(22)12-15(5-2)17(6-3)23(19)25;1-8-4-3-5-9(2)7-6-8/h4-6,9,11-13,18,23-25H,1-3,7-8,10,14H2;8-9H,3-7H2,1-2H3/b16-9+,24-13?;. The fourth-order valence-corrected chi connectivity index (χ4v) is 6.70. The van der Waals surface area contributed by atoms with Gasteiger partial charge in [0.2, 0.25) is 0 Å². The Balaban J connectivity index is 0.000000320. The van der Waals surface area contributed by atoms with E-state index in [9.17, 15) is 5.11 Å². The first-order chi connectivity index (χ1) is 16.9. The fraction of sp³-hybridized carbons (Fsp3) is 0.469. The van der Waals surface area contributed by atoms with Gasteiger partial charge in [0, 0.05) is 22.8 Å². The van der Waals surface area contributed by atoms with E-state index < -0.39 is 6.10 Å². The first kappa shape index (κ1) is 27.5. The van der Waals surface area contributed by atoms with Gasteiger partial charge in [-0.2, -0.15) is 0 Å². The Morgan fingerprint density at radius 1 is 1.06 bits per heavy atom. The highest BCUT2D eigenvalue weighted by molar-refractivity contribution is 8.04. The quantitative estimate of drug-likeness (QED) is 0.170. The monoisotopic (exact) mass is 489 g/mol. The summed E-state index contributed by atoms with van der Waals surface area (Å²) in [6.45, 7) is 16.3. The van der Waals surface area contributed by atoms with Gasteiger partial charge in [-0.15, -0.1) is 18.3 Å². The van der Waals surface area contributed by atoms with Crippen LogP contribution in [-0.4, -0.2) is 23.2 Å². The Bertz CT molecular complexity index is 979. The van der Waals surface area contributed by atoms with Gasteiger partial charge in [-0.1, -0.05) is 95.1 Å². The number of unbranched alkanes of at least 4 members (excludes halogenated alkanes) is 1. The molecule has 0 saturated heterocycles. The molecular formula is C32H43NOS. The molecule has 0 aromatic carbocycles. The zero-order valence-corrected chi connectivity index (χ0v) is 22.5. The van der Waals surface area contributed by atoms with Crippen LogP contribution in [0.15, 0.2) is 94.5 Å². The number of allylic oxidation sites excluding steroid dienone is 8. The number of aliphatic hydroxyl groups excluding tert-OH is 1. The molecule has 1 aliphatic heterocycles. The van der Waals surface area contributed by atoms with Gasteiger partial charge >= 0.3 is 0 Å². The second-order valence-electron chi connectivity index (χ2n) is 10.3. The summed E-state index contributed by atoms with van der Waals surface area (Å²) in [5.74, 6) is 3.23. The van der Waals surface area contributed by atoms with Crippen LogP contribution in [0.5, 0.6) is 0 Å². The Labute approximate surface area is 217 Å². The molecule has 2 nitrogen and oxygen atoms in total. The summed E-state index contributed by atoms with van der Waals surface area (Å²) < 4.78 is 0. The molecule has 0 aromatic heterocycles. The SMILES string of the molecule is C=CCC/C=C1\CSC(C=N)=C2C3=CC(C=C)=C(C=C)C(O)C3=CCC21.CC1CCCC(C)CC1. The zero-order valence-electron chi connectivity index (χ0n) is 21.7. The van der Waals surface area contributed by atoms with Gasteiger partial charge in [0.05, 0.1) is 0 Å². The zero-order chi connectivity index (χ0) is 25.4. The first-order valence-corrected chi connectivity index (χ1v) is 14.2. The normalized spacial score (nSPS) is 29.5. The maximum absolute atomic E-state index is 10.9. The van der Waals surface area contributed by atoms with Gasteiger partial charge in [-0.3, -0.25) is 0 Å². The Morgan fingerprint density at radius 2 is 1.77 bits per heavy atom. The lowest BCUT2D eigenvalue weighted by atomic mass is 9.71. The van der Waals surface area contributed by atoms with Crippen LogP contribution in [0.1, 0.15) is 65.2 Å². The molecule has 1 saturated carbocycles. The summed E-state index contributed by atoms with van der Waals surface area (Å²) in [4.78, 5) is 1.00. The molecule has 0 aromatic rings. The fourth-order valence-electron chi connectivity index (χ4n) is 5.57. The summed E-state index contributed by atoms with van der Waals surface area (Å²) >= 11 is 1.72. The number of fused-ring (bicyclic) bond motifs is 3. The molecule has 0 amide bonds.